The molecule has 0 aromatic heterocycles. The summed E-state index contributed by atoms with van der Waals surface area (Å²) >= 11 is 0. The van der Waals surface area contributed by atoms with Crippen LogP contribution < -0.4 is 20.7 Å². The molecule has 0 amide bonds. The van der Waals surface area contributed by atoms with Crippen LogP contribution in [0.25, 0.3) is 0 Å². The summed E-state index contributed by atoms with van der Waals surface area (Å²) in [6.45, 7) is 17.7. The van der Waals surface area contributed by atoms with Crippen molar-refractivity contribution in [1.82, 2.24) is 0 Å². The standard InChI is InChI=1S/C29H36O4Si.C23H30O4Si.2CH4/c1-21-25(20-30)32-27(22-14-8-5-9-15-22)28(26(21)31)33-34(29(2,3)4,23-16-10-6-11-17-23)24-18-12-7-13-19-24;1-16-19-15-25-22(26-19)21(20(16)24)27-28(23(2,3)4,17-11-7-5-8-12-17)18-13-9-6-10-14-18;;/h5-19,21,25-28,30-31H,20H2,1-4H3;5-14,16,19-22,24H,15H2,1-4H3;2*1H4/t21?,25-,26+,27+,28?;16?,19-,20+,21?,22-;;/m11../s1. The summed E-state index contributed by atoms with van der Waals surface area (Å²) < 4.78 is 32.8. The van der Waals surface area contributed by atoms with E-state index in [0.717, 1.165) is 15.9 Å². The van der Waals surface area contributed by atoms with Gasteiger partial charge in [0.2, 0.25) is 0 Å². The van der Waals surface area contributed by atoms with Crippen molar-refractivity contribution in [3.63, 3.8) is 0 Å². The van der Waals surface area contributed by atoms with Gasteiger partial charge >= 0.3 is 0 Å². The van der Waals surface area contributed by atoms with Crippen LogP contribution in [0.1, 0.15) is 81.9 Å². The number of benzene rings is 5. The Morgan fingerprint density at radius 1 is 0.531 bits per heavy atom. The van der Waals surface area contributed by atoms with E-state index in [4.69, 9.17) is 23.1 Å². The summed E-state index contributed by atoms with van der Waals surface area (Å²) in [4.78, 5) is 0. The molecule has 0 spiro atoms. The molecule has 5 aromatic rings. The topological polar surface area (TPSA) is 107 Å². The fourth-order valence-electron chi connectivity index (χ4n) is 9.82. The third-order valence-corrected chi connectivity index (χ3v) is 23.4. The molecule has 10 atom stereocenters. The molecule has 10 heteroatoms. The monoisotopic (exact) mass is 906 g/mol. The summed E-state index contributed by atoms with van der Waals surface area (Å²) in [6, 6.07) is 51.7. The summed E-state index contributed by atoms with van der Waals surface area (Å²) in [7, 11) is -5.69. The first kappa shape index (κ1) is 51.2. The van der Waals surface area contributed by atoms with Gasteiger partial charge in [-0.25, -0.2) is 0 Å². The predicted molar refractivity (Wildman–Crippen MR) is 265 cm³/mol. The number of hydrogen-bond acceptors (Lipinski definition) is 8. The quantitative estimate of drug-likeness (QED) is 0.121. The molecule has 346 valence electrons. The molecule has 5 aromatic carbocycles. The molecule has 0 aliphatic carbocycles. The Morgan fingerprint density at radius 3 is 1.27 bits per heavy atom. The van der Waals surface area contributed by atoms with E-state index in [1.807, 2.05) is 68.4 Å². The van der Waals surface area contributed by atoms with Crippen LogP contribution in [0.5, 0.6) is 0 Å². The normalized spacial score (nSPS) is 27.0. The van der Waals surface area contributed by atoms with Gasteiger partial charge in [-0.15, -0.1) is 0 Å². The predicted octanol–water partition coefficient (Wildman–Crippen LogP) is 8.02. The fraction of sp³-hybridized carbons (Fsp3) is 0.444. The zero-order chi connectivity index (χ0) is 44.3. The molecule has 8 nitrogen and oxygen atoms in total. The molecular weight excluding hydrogens is 833 g/mol. The molecule has 3 fully saturated rings. The molecule has 3 aliphatic rings. The van der Waals surface area contributed by atoms with E-state index >= 15 is 0 Å². The van der Waals surface area contributed by atoms with Gasteiger partial charge < -0.3 is 38.4 Å². The Kier molecular flexibility index (Phi) is 17.0. The van der Waals surface area contributed by atoms with Crippen LogP contribution in [0.4, 0.5) is 0 Å². The lowest BCUT2D eigenvalue weighted by atomic mass is 9.86. The van der Waals surface area contributed by atoms with Crippen molar-refractivity contribution in [2.75, 3.05) is 13.2 Å². The maximum Gasteiger partial charge on any atom is 0.261 e. The Balaban J connectivity index is 0.000000237. The highest BCUT2D eigenvalue weighted by molar-refractivity contribution is 7.00. The van der Waals surface area contributed by atoms with Gasteiger partial charge in [0.1, 0.15) is 18.3 Å². The van der Waals surface area contributed by atoms with Crippen molar-refractivity contribution in [3.8, 4) is 0 Å². The Hall–Kier alpha value is -3.79. The van der Waals surface area contributed by atoms with Crippen LogP contribution in [0, 0.1) is 11.8 Å². The summed E-state index contributed by atoms with van der Waals surface area (Å²) in [6.07, 6.45) is -4.04. The van der Waals surface area contributed by atoms with Crippen molar-refractivity contribution in [2.24, 2.45) is 11.8 Å². The highest BCUT2D eigenvalue weighted by Gasteiger charge is 2.58. The zero-order valence-electron chi connectivity index (χ0n) is 37.5. The van der Waals surface area contributed by atoms with Crippen molar-refractivity contribution in [2.45, 2.75) is 129 Å². The summed E-state index contributed by atoms with van der Waals surface area (Å²) in [5.74, 6) is -0.296. The average Bonchev–Trinajstić information content (AvgIpc) is 3.74. The highest BCUT2D eigenvalue weighted by Crippen LogP contribution is 2.45. The Bertz CT molecular complexity index is 2050. The van der Waals surface area contributed by atoms with Crippen LogP contribution in [0.15, 0.2) is 152 Å². The number of aliphatic hydroxyl groups excluding tert-OH is 3. The molecule has 8 rings (SSSR count). The maximum absolute atomic E-state index is 11.6. The highest BCUT2D eigenvalue weighted by atomic mass is 28.4. The fourth-order valence-corrected chi connectivity index (χ4v) is 19.2. The van der Waals surface area contributed by atoms with E-state index < -0.39 is 59.5 Å². The van der Waals surface area contributed by atoms with Gasteiger partial charge in [-0.2, -0.15) is 0 Å². The first-order valence-electron chi connectivity index (χ1n) is 22.2. The Morgan fingerprint density at radius 2 is 0.891 bits per heavy atom. The van der Waals surface area contributed by atoms with Gasteiger partial charge in [-0.3, -0.25) is 0 Å². The van der Waals surface area contributed by atoms with Gasteiger partial charge in [0, 0.05) is 11.8 Å². The van der Waals surface area contributed by atoms with E-state index in [1.54, 1.807) is 0 Å². The zero-order valence-corrected chi connectivity index (χ0v) is 39.5. The molecule has 3 heterocycles. The van der Waals surface area contributed by atoms with Crippen LogP contribution in [-0.4, -0.2) is 88.1 Å². The number of aliphatic hydroxyl groups is 3. The van der Waals surface area contributed by atoms with E-state index in [2.05, 4.69) is 139 Å². The van der Waals surface area contributed by atoms with Gasteiger partial charge in [-0.05, 0) is 36.4 Å². The molecule has 4 unspecified atom stereocenters. The molecule has 2 bridgehead atoms. The first-order valence-corrected chi connectivity index (χ1v) is 26.0. The van der Waals surface area contributed by atoms with Crippen LogP contribution in [-0.2, 0) is 23.1 Å². The SMILES string of the molecule is C.C.CC1[C@H](O)C(O[Si](c2ccccc2)(c2ccccc2)C(C)(C)C)[C@@H]2OC[C@H]1O2.CC1[C@H](O)C(O[Si](c2ccccc2)(c2ccccc2)C(C)(C)C)[C@H](c2ccccc2)O[C@@H]1CO. The van der Waals surface area contributed by atoms with E-state index in [0.29, 0.717) is 6.61 Å². The number of ether oxygens (including phenoxy) is 3. The van der Waals surface area contributed by atoms with Crippen molar-refractivity contribution < 1.29 is 38.4 Å². The largest absolute Gasteiger partial charge is 0.399 e. The van der Waals surface area contributed by atoms with Crippen molar-refractivity contribution in [1.29, 1.82) is 0 Å². The van der Waals surface area contributed by atoms with Crippen molar-refractivity contribution in [3.05, 3.63) is 157 Å². The second-order valence-electron chi connectivity index (χ2n) is 19.3. The number of hydrogen-bond donors (Lipinski definition) is 3. The second-order valence-corrected chi connectivity index (χ2v) is 27.8. The molecule has 3 aliphatic heterocycles. The molecule has 3 N–H and O–H groups in total. The smallest absolute Gasteiger partial charge is 0.261 e. The molecule has 0 radical (unpaired) electrons. The molecule has 3 saturated heterocycles. The van der Waals surface area contributed by atoms with Crippen molar-refractivity contribution >= 4 is 37.4 Å². The second kappa shape index (κ2) is 21.2. The lowest BCUT2D eigenvalue weighted by Gasteiger charge is -2.50. The summed E-state index contributed by atoms with van der Waals surface area (Å²) in [5.41, 5.74) is 0.940. The van der Waals surface area contributed by atoms with Gasteiger partial charge in [0.25, 0.3) is 16.6 Å². The number of fused-ring (bicyclic) bond motifs is 2. The Labute approximate surface area is 385 Å². The third kappa shape index (κ3) is 9.83. The van der Waals surface area contributed by atoms with Crippen LogP contribution in [0.2, 0.25) is 10.1 Å². The van der Waals surface area contributed by atoms with Gasteiger partial charge in [-0.1, -0.05) is 222 Å². The third-order valence-electron chi connectivity index (χ3n) is 13.3. The minimum absolute atomic E-state index is 0. The summed E-state index contributed by atoms with van der Waals surface area (Å²) in [5, 5.41) is 37.0. The lowest BCUT2D eigenvalue weighted by molar-refractivity contribution is -0.204. The van der Waals surface area contributed by atoms with E-state index in [9.17, 15) is 15.3 Å². The van der Waals surface area contributed by atoms with Crippen LogP contribution >= 0.6 is 0 Å². The average molecular weight is 907 g/mol. The lowest BCUT2D eigenvalue weighted by Crippen LogP contribution is -2.70. The van der Waals surface area contributed by atoms with Crippen LogP contribution in [0.3, 0.4) is 0 Å². The maximum atomic E-state index is 11.6. The van der Waals surface area contributed by atoms with Gasteiger partial charge in [0.05, 0.1) is 37.6 Å². The minimum atomic E-state index is -2.92. The van der Waals surface area contributed by atoms with Gasteiger partial charge in [0.15, 0.2) is 6.29 Å². The van der Waals surface area contributed by atoms with E-state index in [1.165, 1.54) is 10.4 Å². The van der Waals surface area contributed by atoms with E-state index in [-0.39, 0.29) is 49.5 Å². The molecule has 0 saturated carbocycles. The molecule has 64 heavy (non-hydrogen) atoms. The molecular formula is C54H74O8Si2. The number of rotatable bonds is 10. The minimum Gasteiger partial charge on any atom is -0.399 e. The first-order chi connectivity index (χ1) is 29.6.